The molecule has 0 spiro atoms. The van der Waals surface area contributed by atoms with E-state index in [4.69, 9.17) is 10.8 Å². The monoisotopic (exact) mass is 194 g/mol. The number of hydrogen-bond donors (Lipinski definition) is 3. The molecule has 2 amide bonds. The summed E-state index contributed by atoms with van der Waals surface area (Å²) < 4.78 is 0. The molecule has 0 bridgehead atoms. The van der Waals surface area contributed by atoms with Crippen LogP contribution >= 0.6 is 0 Å². The highest BCUT2D eigenvalue weighted by atomic mass is 16.3. The average Bonchev–Trinajstić information content (AvgIpc) is 2.01. The van der Waals surface area contributed by atoms with E-state index in [1.807, 2.05) is 12.1 Å². The number of nitrogens with one attached hydrogen (secondary N) is 1. The van der Waals surface area contributed by atoms with Crippen molar-refractivity contribution in [1.82, 2.24) is 0 Å². The summed E-state index contributed by atoms with van der Waals surface area (Å²) in [6.07, 6.45) is 0.174. The summed E-state index contributed by atoms with van der Waals surface area (Å²) in [6, 6.07) is 6.65. The molecule has 0 heterocycles. The number of carbonyl (C=O) groups is 1. The predicted molar refractivity (Wildman–Crippen MR) is 55.0 cm³/mol. The van der Waals surface area contributed by atoms with E-state index in [2.05, 4.69) is 5.32 Å². The lowest BCUT2D eigenvalue weighted by molar-refractivity contribution is 0.195. The Balaban J connectivity index is 2.73. The lowest BCUT2D eigenvalue weighted by Crippen LogP contribution is -2.19. The van der Waals surface area contributed by atoms with Crippen LogP contribution in [0.1, 0.15) is 12.5 Å². The number of aliphatic hydroxyl groups is 1. The molecule has 76 valence electrons. The Morgan fingerprint density at radius 2 is 2.36 bits per heavy atom. The number of primary amides is 1. The van der Waals surface area contributed by atoms with Crippen molar-refractivity contribution >= 4 is 11.7 Å². The molecule has 4 N–H and O–H groups in total. The molecule has 1 rings (SSSR count). The fourth-order valence-corrected chi connectivity index (χ4v) is 1.26. The largest absolute Gasteiger partial charge is 0.393 e. The second-order valence-corrected chi connectivity index (χ2v) is 3.24. The topological polar surface area (TPSA) is 75.3 Å². The average molecular weight is 194 g/mol. The molecular weight excluding hydrogens is 180 g/mol. The van der Waals surface area contributed by atoms with Gasteiger partial charge in [0.2, 0.25) is 0 Å². The van der Waals surface area contributed by atoms with Crippen LogP contribution < -0.4 is 11.1 Å². The number of carbonyl (C=O) groups excluding carboxylic acids is 1. The molecule has 1 unspecified atom stereocenters. The van der Waals surface area contributed by atoms with E-state index in [9.17, 15) is 4.79 Å². The highest BCUT2D eigenvalue weighted by molar-refractivity contribution is 5.87. The summed E-state index contributed by atoms with van der Waals surface area (Å²) >= 11 is 0. The maximum absolute atomic E-state index is 10.6. The maximum atomic E-state index is 10.6. The molecule has 0 saturated carbocycles. The minimum Gasteiger partial charge on any atom is -0.393 e. The number of aliphatic hydroxyl groups excluding tert-OH is 1. The van der Waals surface area contributed by atoms with Crippen LogP contribution in [0.2, 0.25) is 0 Å². The zero-order chi connectivity index (χ0) is 10.6. The Morgan fingerprint density at radius 1 is 1.64 bits per heavy atom. The first-order valence-electron chi connectivity index (χ1n) is 4.41. The first kappa shape index (κ1) is 10.5. The molecule has 0 saturated heterocycles. The SMILES string of the molecule is CC(O)Cc1cccc(NC(N)=O)c1. The van der Waals surface area contributed by atoms with Gasteiger partial charge in [-0.2, -0.15) is 0 Å². The van der Waals surface area contributed by atoms with Gasteiger partial charge in [-0.3, -0.25) is 0 Å². The molecule has 4 nitrogen and oxygen atoms in total. The van der Waals surface area contributed by atoms with E-state index in [-0.39, 0.29) is 6.10 Å². The van der Waals surface area contributed by atoms with Crippen molar-refractivity contribution in [3.05, 3.63) is 29.8 Å². The Kier molecular flexibility index (Phi) is 3.48. The van der Waals surface area contributed by atoms with Gasteiger partial charge in [-0.15, -0.1) is 0 Å². The fraction of sp³-hybridized carbons (Fsp3) is 0.300. The zero-order valence-corrected chi connectivity index (χ0v) is 8.03. The van der Waals surface area contributed by atoms with E-state index < -0.39 is 6.03 Å². The molecule has 1 atom stereocenters. The number of nitrogens with two attached hydrogens (primary N) is 1. The molecule has 1 aromatic rings. The highest BCUT2D eigenvalue weighted by Gasteiger charge is 2.01. The van der Waals surface area contributed by atoms with Crippen molar-refractivity contribution < 1.29 is 9.90 Å². The third-order valence-corrected chi connectivity index (χ3v) is 1.73. The molecule has 1 aromatic carbocycles. The Bertz CT molecular complexity index is 324. The second-order valence-electron chi connectivity index (χ2n) is 3.24. The lowest BCUT2D eigenvalue weighted by atomic mass is 10.1. The normalized spacial score (nSPS) is 12.1. The van der Waals surface area contributed by atoms with E-state index in [0.717, 1.165) is 5.56 Å². The summed E-state index contributed by atoms with van der Waals surface area (Å²) in [5, 5.41) is 11.6. The number of hydrogen-bond acceptors (Lipinski definition) is 2. The van der Waals surface area contributed by atoms with E-state index in [1.165, 1.54) is 0 Å². The molecule has 0 radical (unpaired) electrons. The minimum absolute atomic E-state index is 0.390. The van der Waals surface area contributed by atoms with Crippen LogP contribution in [0.5, 0.6) is 0 Å². The van der Waals surface area contributed by atoms with Crippen molar-refractivity contribution in [2.45, 2.75) is 19.4 Å². The molecule has 0 fully saturated rings. The van der Waals surface area contributed by atoms with Crippen LogP contribution in [0, 0.1) is 0 Å². The van der Waals surface area contributed by atoms with Gasteiger partial charge in [0.05, 0.1) is 6.10 Å². The summed E-state index contributed by atoms with van der Waals surface area (Å²) in [4.78, 5) is 10.6. The van der Waals surface area contributed by atoms with E-state index >= 15 is 0 Å². The lowest BCUT2D eigenvalue weighted by Gasteiger charge is -2.06. The van der Waals surface area contributed by atoms with Gasteiger partial charge in [0.25, 0.3) is 0 Å². The second kappa shape index (κ2) is 4.62. The summed E-state index contributed by atoms with van der Waals surface area (Å²) in [7, 11) is 0. The van der Waals surface area contributed by atoms with Crippen LogP contribution in [0.4, 0.5) is 10.5 Å². The van der Waals surface area contributed by atoms with Crippen molar-refractivity contribution in [2.24, 2.45) is 5.73 Å². The van der Waals surface area contributed by atoms with Gasteiger partial charge in [0.1, 0.15) is 0 Å². The maximum Gasteiger partial charge on any atom is 0.316 e. The molecular formula is C10H14N2O2. The van der Waals surface area contributed by atoms with Crippen molar-refractivity contribution in [1.29, 1.82) is 0 Å². The van der Waals surface area contributed by atoms with Crippen LogP contribution in [0.3, 0.4) is 0 Å². The molecule has 0 aliphatic rings. The smallest absolute Gasteiger partial charge is 0.316 e. The fourth-order valence-electron chi connectivity index (χ4n) is 1.26. The molecule has 0 aliphatic heterocycles. The zero-order valence-electron chi connectivity index (χ0n) is 8.03. The first-order chi connectivity index (χ1) is 6.58. The van der Waals surface area contributed by atoms with Crippen molar-refractivity contribution in [3.63, 3.8) is 0 Å². The van der Waals surface area contributed by atoms with Gasteiger partial charge in [-0.25, -0.2) is 4.79 Å². The van der Waals surface area contributed by atoms with Crippen LogP contribution in [0.25, 0.3) is 0 Å². The number of rotatable bonds is 3. The van der Waals surface area contributed by atoms with Crippen LogP contribution in [-0.4, -0.2) is 17.2 Å². The number of anilines is 1. The molecule has 0 aromatic heterocycles. The molecule has 4 heteroatoms. The van der Waals surface area contributed by atoms with Gasteiger partial charge in [0, 0.05) is 5.69 Å². The van der Waals surface area contributed by atoms with Crippen LogP contribution in [-0.2, 0) is 6.42 Å². The highest BCUT2D eigenvalue weighted by Crippen LogP contribution is 2.11. The molecule has 0 aliphatic carbocycles. The first-order valence-corrected chi connectivity index (χ1v) is 4.41. The van der Waals surface area contributed by atoms with Gasteiger partial charge >= 0.3 is 6.03 Å². The Morgan fingerprint density at radius 3 is 2.93 bits per heavy atom. The summed E-state index contributed by atoms with van der Waals surface area (Å²) in [5.74, 6) is 0. The third-order valence-electron chi connectivity index (χ3n) is 1.73. The summed E-state index contributed by atoms with van der Waals surface area (Å²) in [5.41, 5.74) is 6.59. The Hall–Kier alpha value is -1.55. The van der Waals surface area contributed by atoms with E-state index in [0.29, 0.717) is 12.1 Å². The number of urea groups is 1. The number of benzene rings is 1. The van der Waals surface area contributed by atoms with Gasteiger partial charge in [-0.05, 0) is 31.0 Å². The summed E-state index contributed by atoms with van der Waals surface area (Å²) in [6.45, 7) is 1.72. The van der Waals surface area contributed by atoms with E-state index in [1.54, 1.807) is 19.1 Å². The van der Waals surface area contributed by atoms with Gasteiger partial charge < -0.3 is 16.2 Å². The van der Waals surface area contributed by atoms with Crippen molar-refractivity contribution in [3.8, 4) is 0 Å². The van der Waals surface area contributed by atoms with Gasteiger partial charge in [-0.1, -0.05) is 12.1 Å². The predicted octanol–water partition coefficient (Wildman–Crippen LogP) is 1.10. The third kappa shape index (κ3) is 3.45. The Labute approximate surface area is 82.7 Å². The van der Waals surface area contributed by atoms with Gasteiger partial charge in [0.15, 0.2) is 0 Å². The minimum atomic E-state index is -0.584. The standard InChI is InChI=1S/C10H14N2O2/c1-7(13)5-8-3-2-4-9(6-8)12-10(11)14/h2-4,6-7,13H,5H2,1H3,(H3,11,12,14). The molecule has 14 heavy (non-hydrogen) atoms. The quantitative estimate of drug-likeness (QED) is 0.674. The van der Waals surface area contributed by atoms with Crippen LogP contribution in [0.15, 0.2) is 24.3 Å². The van der Waals surface area contributed by atoms with Crippen molar-refractivity contribution in [2.75, 3.05) is 5.32 Å². The number of amides is 2.